The van der Waals surface area contributed by atoms with Gasteiger partial charge in [-0.05, 0) is 19.3 Å². The van der Waals surface area contributed by atoms with Crippen molar-refractivity contribution in [2.24, 2.45) is 0 Å². The molecule has 0 radical (unpaired) electrons. The first-order valence-corrected chi connectivity index (χ1v) is 6.75. The number of hydrogen-bond acceptors (Lipinski definition) is 2. The van der Waals surface area contributed by atoms with Gasteiger partial charge in [-0.2, -0.15) is 0 Å². The molecule has 0 bridgehead atoms. The minimum Gasteiger partial charge on any atom is -0.379 e. The standard InChI is InChI=1S/C11H23BrO2/c1-2-3-8-13-10-11-14-9-6-4-5-7-12/h2-11H2,1H3. The van der Waals surface area contributed by atoms with Gasteiger partial charge in [0, 0.05) is 18.5 Å². The number of rotatable bonds is 11. The van der Waals surface area contributed by atoms with Crippen LogP contribution < -0.4 is 0 Å². The third-order valence-electron chi connectivity index (χ3n) is 1.94. The van der Waals surface area contributed by atoms with Crippen molar-refractivity contribution >= 4 is 15.9 Å². The zero-order chi connectivity index (χ0) is 10.5. The van der Waals surface area contributed by atoms with Gasteiger partial charge in [0.25, 0.3) is 0 Å². The molecule has 0 amide bonds. The van der Waals surface area contributed by atoms with E-state index < -0.39 is 0 Å². The molecule has 14 heavy (non-hydrogen) atoms. The van der Waals surface area contributed by atoms with Crippen molar-refractivity contribution in [2.45, 2.75) is 39.0 Å². The Balaban J connectivity index is 2.78. The highest BCUT2D eigenvalue weighted by atomic mass is 79.9. The SMILES string of the molecule is CCCCOCCOCCCCCBr. The summed E-state index contributed by atoms with van der Waals surface area (Å²) < 4.78 is 10.8. The molecule has 0 unspecified atom stereocenters. The van der Waals surface area contributed by atoms with E-state index in [0.717, 1.165) is 38.2 Å². The second-order valence-electron chi connectivity index (χ2n) is 3.33. The Kier molecular flexibility index (Phi) is 13.8. The van der Waals surface area contributed by atoms with Crippen molar-refractivity contribution < 1.29 is 9.47 Å². The smallest absolute Gasteiger partial charge is 0.0700 e. The van der Waals surface area contributed by atoms with Crippen molar-refractivity contribution in [2.75, 3.05) is 31.8 Å². The number of hydrogen-bond donors (Lipinski definition) is 0. The van der Waals surface area contributed by atoms with Gasteiger partial charge in [0.2, 0.25) is 0 Å². The van der Waals surface area contributed by atoms with E-state index in [2.05, 4.69) is 22.9 Å². The average Bonchev–Trinajstić information content (AvgIpc) is 2.21. The van der Waals surface area contributed by atoms with E-state index in [4.69, 9.17) is 9.47 Å². The van der Waals surface area contributed by atoms with Crippen LogP contribution in [-0.4, -0.2) is 31.8 Å². The lowest BCUT2D eigenvalue weighted by atomic mass is 10.3. The molecule has 3 heteroatoms. The first-order valence-electron chi connectivity index (χ1n) is 5.63. The third kappa shape index (κ3) is 12.4. The fourth-order valence-electron chi connectivity index (χ4n) is 1.04. The van der Waals surface area contributed by atoms with Crippen LogP contribution in [0.15, 0.2) is 0 Å². The fraction of sp³-hybridized carbons (Fsp3) is 1.00. The van der Waals surface area contributed by atoms with E-state index in [-0.39, 0.29) is 0 Å². The Hall–Kier alpha value is 0.400. The van der Waals surface area contributed by atoms with Crippen molar-refractivity contribution in [1.82, 2.24) is 0 Å². The monoisotopic (exact) mass is 266 g/mol. The Bertz CT molecular complexity index is 87.3. The number of alkyl halides is 1. The van der Waals surface area contributed by atoms with E-state index in [9.17, 15) is 0 Å². The second-order valence-corrected chi connectivity index (χ2v) is 4.12. The zero-order valence-corrected chi connectivity index (χ0v) is 10.9. The molecular weight excluding hydrogens is 244 g/mol. The van der Waals surface area contributed by atoms with Crippen LogP contribution in [0, 0.1) is 0 Å². The lowest BCUT2D eigenvalue weighted by molar-refractivity contribution is 0.0454. The van der Waals surface area contributed by atoms with Crippen molar-refractivity contribution in [3.05, 3.63) is 0 Å². The van der Waals surface area contributed by atoms with Crippen LogP contribution in [0.2, 0.25) is 0 Å². The Labute approximate surface area is 96.5 Å². The van der Waals surface area contributed by atoms with E-state index in [1.165, 1.54) is 25.7 Å². The van der Waals surface area contributed by atoms with Crippen LogP contribution >= 0.6 is 15.9 Å². The molecule has 0 aromatic heterocycles. The molecule has 0 aromatic carbocycles. The minimum absolute atomic E-state index is 0.748. The molecule has 0 rings (SSSR count). The first-order chi connectivity index (χ1) is 6.91. The van der Waals surface area contributed by atoms with Crippen LogP contribution in [-0.2, 0) is 9.47 Å². The van der Waals surface area contributed by atoms with Gasteiger partial charge in [0.1, 0.15) is 0 Å². The van der Waals surface area contributed by atoms with Gasteiger partial charge in [-0.25, -0.2) is 0 Å². The number of unbranched alkanes of at least 4 members (excludes halogenated alkanes) is 3. The highest BCUT2D eigenvalue weighted by Gasteiger charge is 1.90. The van der Waals surface area contributed by atoms with Crippen molar-refractivity contribution in [3.63, 3.8) is 0 Å². The van der Waals surface area contributed by atoms with E-state index in [1.807, 2.05) is 0 Å². The molecule has 0 spiro atoms. The summed E-state index contributed by atoms with van der Waals surface area (Å²) in [7, 11) is 0. The maximum atomic E-state index is 5.42. The number of ether oxygens (including phenoxy) is 2. The average molecular weight is 267 g/mol. The molecule has 2 nitrogen and oxygen atoms in total. The molecule has 0 saturated heterocycles. The van der Waals surface area contributed by atoms with Crippen LogP contribution in [0.4, 0.5) is 0 Å². The highest BCUT2D eigenvalue weighted by Crippen LogP contribution is 1.98. The quantitative estimate of drug-likeness (QED) is 0.422. The fourth-order valence-corrected chi connectivity index (χ4v) is 1.44. The summed E-state index contributed by atoms with van der Waals surface area (Å²) in [4.78, 5) is 0. The zero-order valence-electron chi connectivity index (χ0n) is 9.27. The molecule has 0 aliphatic carbocycles. The van der Waals surface area contributed by atoms with E-state index in [0.29, 0.717) is 0 Å². The van der Waals surface area contributed by atoms with Gasteiger partial charge in [-0.1, -0.05) is 35.7 Å². The van der Waals surface area contributed by atoms with Crippen LogP contribution in [0.3, 0.4) is 0 Å². The molecule has 0 fully saturated rings. The lowest BCUT2D eigenvalue weighted by Gasteiger charge is -2.04. The van der Waals surface area contributed by atoms with Crippen LogP contribution in [0.5, 0.6) is 0 Å². The van der Waals surface area contributed by atoms with E-state index in [1.54, 1.807) is 0 Å². The molecule has 0 aliphatic heterocycles. The lowest BCUT2D eigenvalue weighted by Crippen LogP contribution is -2.06. The summed E-state index contributed by atoms with van der Waals surface area (Å²) in [6, 6.07) is 0. The second kappa shape index (κ2) is 13.4. The summed E-state index contributed by atoms with van der Waals surface area (Å²) in [6.45, 7) is 5.42. The highest BCUT2D eigenvalue weighted by molar-refractivity contribution is 9.09. The Morgan fingerprint density at radius 3 is 2.00 bits per heavy atom. The largest absolute Gasteiger partial charge is 0.379 e. The summed E-state index contributed by atoms with van der Waals surface area (Å²) in [6.07, 6.45) is 6.03. The van der Waals surface area contributed by atoms with E-state index >= 15 is 0 Å². The first kappa shape index (κ1) is 14.4. The summed E-state index contributed by atoms with van der Waals surface area (Å²) in [5.74, 6) is 0. The molecular formula is C11H23BrO2. The van der Waals surface area contributed by atoms with Gasteiger partial charge in [0.15, 0.2) is 0 Å². The molecule has 0 N–H and O–H groups in total. The summed E-state index contributed by atoms with van der Waals surface area (Å²) >= 11 is 3.41. The van der Waals surface area contributed by atoms with Gasteiger partial charge < -0.3 is 9.47 Å². The molecule has 86 valence electrons. The molecule has 0 heterocycles. The van der Waals surface area contributed by atoms with Crippen molar-refractivity contribution in [1.29, 1.82) is 0 Å². The minimum atomic E-state index is 0.748. The Morgan fingerprint density at radius 1 is 0.786 bits per heavy atom. The van der Waals surface area contributed by atoms with Crippen LogP contribution in [0.1, 0.15) is 39.0 Å². The summed E-state index contributed by atoms with van der Waals surface area (Å²) in [5.41, 5.74) is 0. The third-order valence-corrected chi connectivity index (χ3v) is 2.50. The van der Waals surface area contributed by atoms with Gasteiger partial charge in [-0.15, -0.1) is 0 Å². The molecule has 0 saturated carbocycles. The molecule has 0 aliphatic rings. The maximum Gasteiger partial charge on any atom is 0.0700 e. The maximum absolute atomic E-state index is 5.42. The van der Waals surface area contributed by atoms with Crippen LogP contribution in [0.25, 0.3) is 0 Å². The predicted octanol–water partition coefficient (Wildman–Crippen LogP) is 3.38. The summed E-state index contributed by atoms with van der Waals surface area (Å²) in [5, 5.41) is 1.10. The predicted molar refractivity (Wildman–Crippen MR) is 64.2 cm³/mol. The van der Waals surface area contributed by atoms with Crippen molar-refractivity contribution in [3.8, 4) is 0 Å². The van der Waals surface area contributed by atoms with Gasteiger partial charge in [-0.3, -0.25) is 0 Å². The molecule has 0 aromatic rings. The topological polar surface area (TPSA) is 18.5 Å². The normalized spacial score (nSPS) is 10.7. The Morgan fingerprint density at radius 2 is 1.43 bits per heavy atom. The van der Waals surface area contributed by atoms with Gasteiger partial charge >= 0.3 is 0 Å². The number of halogens is 1. The van der Waals surface area contributed by atoms with Gasteiger partial charge in [0.05, 0.1) is 13.2 Å². The molecule has 0 atom stereocenters.